The second kappa shape index (κ2) is 6.28. The molecule has 1 N–H and O–H groups in total. The summed E-state index contributed by atoms with van der Waals surface area (Å²) in [6, 6.07) is 5.38. The summed E-state index contributed by atoms with van der Waals surface area (Å²) >= 11 is 0. The highest BCUT2D eigenvalue weighted by molar-refractivity contribution is 7.91. The van der Waals surface area contributed by atoms with Crippen molar-refractivity contribution in [2.75, 3.05) is 23.9 Å². The van der Waals surface area contributed by atoms with E-state index in [1.165, 1.54) is 11.1 Å². The van der Waals surface area contributed by atoms with Crippen LogP contribution in [-0.2, 0) is 14.6 Å². The van der Waals surface area contributed by atoms with Gasteiger partial charge in [-0.25, -0.2) is 8.42 Å². The third-order valence-electron chi connectivity index (χ3n) is 4.36. The van der Waals surface area contributed by atoms with Crippen molar-refractivity contribution in [3.8, 4) is 0 Å². The Morgan fingerprint density at radius 3 is 2.55 bits per heavy atom. The summed E-state index contributed by atoms with van der Waals surface area (Å²) in [5, 5.41) is 3.19. The number of benzene rings is 1. The Morgan fingerprint density at radius 2 is 2.00 bits per heavy atom. The zero-order chi connectivity index (χ0) is 16.5. The van der Waals surface area contributed by atoms with Gasteiger partial charge in [-0.15, -0.1) is 0 Å². The smallest absolute Gasteiger partial charge is 0.244 e. The SMILES string of the molecule is Cc1ccc(NC(C)C(=O)N(C)C2CCS(=O)(=O)C2)cc1C. The van der Waals surface area contributed by atoms with E-state index in [0.29, 0.717) is 6.42 Å². The molecule has 1 aromatic carbocycles. The monoisotopic (exact) mass is 324 g/mol. The van der Waals surface area contributed by atoms with Crippen molar-refractivity contribution in [2.24, 2.45) is 0 Å². The van der Waals surface area contributed by atoms with Crippen LogP contribution in [0.1, 0.15) is 24.5 Å². The van der Waals surface area contributed by atoms with Crippen LogP contribution in [0.5, 0.6) is 0 Å². The topological polar surface area (TPSA) is 66.5 Å². The summed E-state index contributed by atoms with van der Waals surface area (Å²) < 4.78 is 23.1. The van der Waals surface area contributed by atoms with Gasteiger partial charge in [-0.05, 0) is 50.5 Å². The van der Waals surface area contributed by atoms with Gasteiger partial charge in [-0.1, -0.05) is 6.07 Å². The average molecular weight is 324 g/mol. The van der Waals surface area contributed by atoms with Crippen LogP contribution in [0, 0.1) is 13.8 Å². The molecule has 6 heteroatoms. The fraction of sp³-hybridized carbons (Fsp3) is 0.562. The normalized spacial score (nSPS) is 21.4. The van der Waals surface area contributed by atoms with Gasteiger partial charge in [0.25, 0.3) is 0 Å². The van der Waals surface area contributed by atoms with Gasteiger partial charge in [0.1, 0.15) is 6.04 Å². The van der Waals surface area contributed by atoms with Gasteiger partial charge in [0.15, 0.2) is 9.84 Å². The van der Waals surface area contributed by atoms with Crippen LogP contribution in [0.2, 0.25) is 0 Å². The minimum absolute atomic E-state index is 0.0750. The predicted molar refractivity (Wildman–Crippen MR) is 88.8 cm³/mol. The van der Waals surface area contributed by atoms with Crippen molar-refractivity contribution >= 4 is 21.4 Å². The van der Waals surface area contributed by atoms with Gasteiger partial charge in [0.05, 0.1) is 11.5 Å². The second-order valence-corrected chi connectivity index (χ2v) is 8.40. The molecular formula is C16H24N2O3S. The maximum atomic E-state index is 12.5. The Bertz CT molecular complexity index is 670. The van der Waals surface area contributed by atoms with Gasteiger partial charge in [-0.2, -0.15) is 0 Å². The van der Waals surface area contributed by atoms with Crippen molar-refractivity contribution in [1.82, 2.24) is 4.90 Å². The standard InChI is InChI=1S/C16H24N2O3S/c1-11-5-6-14(9-12(11)2)17-13(3)16(19)18(4)15-7-8-22(20,21)10-15/h5-6,9,13,15,17H,7-8,10H2,1-4H3. The highest BCUT2D eigenvalue weighted by Crippen LogP contribution is 2.19. The number of likely N-dealkylation sites (N-methyl/N-ethyl adjacent to an activating group) is 1. The van der Waals surface area contributed by atoms with Crippen LogP contribution >= 0.6 is 0 Å². The highest BCUT2D eigenvalue weighted by atomic mass is 32.2. The number of anilines is 1. The van der Waals surface area contributed by atoms with E-state index in [1.807, 2.05) is 32.0 Å². The van der Waals surface area contributed by atoms with E-state index in [4.69, 9.17) is 0 Å². The molecule has 0 aromatic heterocycles. The molecule has 22 heavy (non-hydrogen) atoms. The molecule has 5 nitrogen and oxygen atoms in total. The number of carbonyl (C=O) groups excluding carboxylic acids is 1. The number of amides is 1. The van der Waals surface area contributed by atoms with Gasteiger partial charge >= 0.3 is 0 Å². The molecule has 1 amide bonds. The number of aryl methyl sites for hydroxylation is 2. The first-order valence-electron chi connectivity index (χ1n) is 7.50. The fourth-order valence-corrected chi connectivity index (χ4v) is 4.48. The van der Waals surface area contributed by atoms with Crippen LogP contribution in [0.15, 0.2) is 18.2 Å². The molecule has 0 bridgehead atoms. The quantitative estimate of drug-likeness (QED) is 0.916. The Hall–Kier alpha value is -1.56. The van der Waals surface area contributed by atoms with E-state index in [0.717, 1.165) is 5.69 Å². The summed E-state index contributed by atoms with van der Waals surface area (Å²) in [5.41, 5.74) is 3.27. The summed E-state index contributed by atoms with van der Waals surface area (Å²) in [6.07, 6.45) is 0.529. The fourth-order valence-electron chi connectivity index (χ4n) is 2.71. The van der Waals surface area contributed by atoms with Crippen LogP contribution in [-0.4, -0.2) is 49.9 Å². The summed E-state index contributed by atoms with van der Waals surface area (Å²) in [7, 11) is -1.30. The molecule has 2 unspecified atom stereocenters. The molecule has 1 saturated heterocycles. The molecule has 1 heterocycles. The van der Waals surface area contributed by atoms with E-state index in [1.54, 1.807) is 18.9 Å². The summed E-state index contributed by atoms with van der Waals surface area (Å²) in [6.45, 7) is 5.88. The van der Waals surface area contributed by atoms with E-state index in [-0.39, 0.29) is 23.5 Å². The number of hydrogen-bond donors (Lipinski definition) is 1. The van der Waals surface area contributed by atoms with E-state index < -0.39 is 15.9 Å². The maximum absolute atomic E-state index is 12.5. The lowest BCUT2D eigenvalue weighted by Gasteiger charge is -2.27. The van der Waals surface area contributed by atoms with Gasteiger partial charge in [-0.3, -0.25) is 4.79 Å². The zero-order valence-electron chi connectivity index (χ0n) is 13.6. The Labute approximate surface area is 132 Å². The van der Waals surface area contributed by atoms with Crippen LogP contribution in [0.25, 0.3) is 0 Å². The molecule has 0 spiro atoms. The minimum atomic E-state index is -2.98. The van der Waals surface area contributed by atoms with Crippen LogP contribution < -0.4 is 5.32 Å². The minimum Gasteiger partial charge on any atom is -0.374 e. The molecule has 0 radical (unpaired) electrons. The molecule has 1 aromatic rings. The lowest BCUT2D eigenvalue weighted by molar-refractivity contribution is -0.132. The number of rotatable bonds is 4. The first-order valence-corrected chi connectivity index (χ1v) is 9.32. The first-order chi connectivity index (χ1) is 10.2. The Balaban J connectivity index is 2.01. The largest absolute Gasteiger partial charge is 0.374 e. The van der Waals surface area contributed by atoms with Crippen molar-refractivity contribution in [3.63, 3.8) is 0 Å². The average Bonchev–Trinajstić information content (AvgIpc) is 2.81. The highest BCUT2D eigenvalue weighted by Gasteiger charge is 2.34. The predicted octanol–water partition coefficient (Wildman–Crippen LogP) is 1.75. The molecule has 2 atom stereocenters. The third kappa shape index (κ3) is 3.80. The van der Waals surface area contributed by atoms with E-state index in [2.05, 4.69) is 5.32 Å². The molecule has 1 aliphatic heterocycles. The summed E-state index contributed by atoms with van der Waals surface area (Å²) in [4.78, 5) is 14.0. The molecule has 122 valence electrons. The lowest BCUT2D eigenvalue weighted by Crippen LogP contribution is -2.45. The second-order valence-electron chi connectivity index (χ2n) is 6.17. The third-order valence-corrected chi connectivity index (χ3v) is 6.11. The molecule has 1 aliphatic rings. The van der Waals surface area contributed by atoms with Crippen molar-refractivity contribution in [1.29, 1.82) is 0 Å². The maximum Gasteiger partial charge on any atom is 0.244 e. The van der Waals surface area contributed by atoms with Crippen molar-refractivity contribution in [2.45, 2.75) is 39.3 Å². The first kappa shape index (κ1) is 16.8. The Kier molecular flexibility index (Phi) is 4.80. The number of carbonyl (C=O) groups is 1. The summed E-state index contributed by atoms with van der Waals surface area (Å²) in [5.74, 6) is 0.167. The van der Waals surface area contributed by atoms with Crippen molar-refractivity contribution < 1.29 is 13.2 Å². The molecule has 2 rings (SSSR count). The van der Waals surface area contributed by atoms with Gasteiger partial charge in [0.2, 0.25) is 5.91 Å². The Morgan fingerprint density at radius 1 is 1.32 bits per heavy atom. The molecule has 1 fully saturated rings. The van der Waals surface area contributed by atoms with Crippen LogP contribution in [0.4, 0.5) is 5.69 Å². The number of hydrogen-bond acceptors (Lipinski definition) is 4. The number of sulfone groups is 1. The van der Waals surface area contributed by atoms with Crippen molar-refractivity contribution in [3.05, 3.63) is 29.3 Å². The molecular weight excluding hydrogens is 300 g/mol. The van der Waals surface area contributed by atoms with Gasteiger partial charge < -0.3 is 10.2 Å². The van der Waals surface area contributed by atoms with E-state index >= 15 is 0 Å². The lowest BCUT2D eigenvalue weighted by atomic mass is 10.1. The van der Waals surface area contributed by atoms with Gasteiger partial charge in [0, 0.05) is 18.8 Å². The van der Waals surface area contributed by atoms with E-state index in [9.17, 15) is 13.2 Å². The molecule has 0 saturated carbocycles. The number of nitrogens with zero attached hydrogens (tertiary/aromatic N) is 1. The van der Waals surface area contributed by atoms with Crippen LogP contribution in [0.3, 0.4) is 0 Å². The number of nitrogens with one attached hydrogen (secondary N) is 1. The molecule has 0 aliphatic carbocycles. The zero-order valence-corrected chi connectivity index (χ0v) is 14.4.